The van der Waals surface area contributed by atoms with Gasteiger partial charge in [-0.3, -0.25) is 0 Å². The summed E-state index contributed by atoms with van der Waals surface area (Å²) in [6.07, 6.45) is 1.87. The zero-order chi connectivity index (χ0) is 19.1. The summed E-state index contributed by atoms with van der Waals surface area (Å²) in [5, 5.41) is 1.86. The van der Waals surface area contributed by atoms with Gasteiger partial charge in [-0.15, -0.1) is 0 Å². The fraction of sp³-hybridized carbons (Fsp3) is 0.273. The van der Waals surface area contributed by atoms with Gasteiger partial charge in [0.15, 0.2) is 0 Å². The van der Waals surface area contributed by atoms with Crippen molar-refractivity contribution in [2.45, 2.75) is 19.4 Å². The Labute approximate surface area is 162 Å². The van der Waals surface area contributed by atoms with E-state index in [0.29, 0.717) is 22.7 Å². The predicted molar refractivity (Wildman–Crippen MR) is 107 cm³/mol. The largest absolute Gasteiger partial charge is 0.340 e. The third-order valence-electron chi connectivity index (χ3n) is 5.38. The van der Waals surface area contributed by atoms with Crippen LogP contribution in [0.25, 0.3) is 16.5 Å². The van der Waals surface area contributed by atoms with Crippen molar-refractivity contribution in [3.63, 3.8) is 0 Å². The van der Waals surface area contributed by atoms with Crippen LogP contribution in [0.1, 0.15) is 16.8 Å². The summed E-state index contributed by atoms with van der Waals surface area (Å²) in [7, 11) is 2.12. The number of halogens is 3. The molecule has 0 saturated heterocycles. The molecule has 1 aliphatic rings. The van der Waals surface area contributed by atoms with Gasteiger partial charge in [0.2, 0.25) is 0 Å². The van der Waals surface area contributed by atoms with Crippen LogP contribution in [0.5, 0.6) is 0 Å². The average molecular weight is 387 g/mol. The molecule has 1 aromatic heterocycles. The molecule has 0 amide bonds. The van der Waals surface area contributed by atoms with Gasteiger partial charge in [0.1, 0.15) is 11.6 Å². The average Bonchev–Trinajstić information content (AvgIpc) is 2.75. The number of nitrogens with zero attached hydrogens (tertiary/aromatic N) is 2. The van der Waals surface area contributed by atoms with Gasteiger partial charge in [-0.05, 0) is 54.9 Å². The van der Waals surface area contributed by atoms with Gasteiger partial charge in [-0.25, -0.2) is 8.78 Å². The first kappa shape index (κ1) is 18.2. The summed E-state index contributed by atoms with van der Waals surface area (Å²) in [5.41, 5.74) is 4.62. The highest BCUT2D eigenvalue weighted by Crippen LogP contribution is 2.33. The third-order valence-corrected chi connectivity index (χ3v) is 5.62. The Bertz CT molecular complexity index is 1040. The Hall–Kier alpha value is -2.17. The van der Waals surface area contributed by atoms with Gasteiger partial charge in [0, 0.05) is 59.3 Å². The maximum absolute atomic E-state index is 14.2. The van der Waals surface area contributed by atoms with E-state index < -0.39 is 11.6 Å². The summed E-state index contributed by atoms with van der Waals surface area (Å²) in [5.74, 6) is -1.16. The summed E-state index contributed by atoms with van der Waals surface area (Å²) < 4.78 is 29.7. The minimum atomic E-state index is -0.581. The zero-order valence-electron chi connectivity index (χ0n) is 15.2. The van der Waals surface area contributed by atoms with Crippen LogP contribution < -0.4 is 0 Å². The SMILES string of the molecule is C=C(Cn1c2c(c3cc(Cl)ccc31)CCN(C)CC2)c1ccc(F)cc1F. The Morgan fingerprint density at radius 3 is 2.67 bits per heavy atom. The Kier molecular flexibility index (Phi) is 4.79. The summed E-state index contributed by atoms with van der Waals surface area (Å²) in [6, 6.07) is 9.55. The number of allylic oxidation sites excluding steroid dienone is 1. The maximum atomic E-state index is 14.2. The molecule has 0 bridgehead atoms. The molecule has 2 aromatic carbocycles. The predicted octanol–water partition coefficient (Wildman–Crippen LogP) is 5.32. The molecule has 140 valence electrons. The summed E-state index contributed by atoms with van der Waals surface area (Å²) >= 11 is 6.25. The van der Waals surface area contributed by atoms with E-state index in [9.17, 15) is 8.78 Å². The van der Waals surface area contributed by atoms with Crippen molar-refractivity contribution in [2.75, 3.05) is 20.1 Å². The first-order chi connectivity index (χ1) is 12.9. The number of hydrogen-bond acceptors (Lipinski definition) is 1. The molecule has 1 aliphatic heterocycles. The van der Waals surface area contributed by atoms with Gasteiger partial charge < -0.3 is 9.47 Å². The van der Waals surface area contributed by atoms with E-state index in [1.807, 2.05) is 18.2 Å². The quantitative estimate of drug-likeness (QED) is 0.591. The Morgan fingerprint density at radius 2 is 1.89 bits per heavy atom. The molecule has 4 rings (SSSR count). The van der Waals surface area contributed by atoms with E-state index in [1.54, 1.807) is 0 Å². The van der Waals surface area contributed by atoms with Crippen LogP contribution in [-0.4, -0.2) is 29.6 Å². The normalized spacial score (nSPS) is 15.0. The Morgan fingerprint density at radius 1 is 1.11 bits per heavy atom. The van der Waals surface area contributed by atoms with Crippen LogP contribution >= 0.6 is 11.6 Å². The summed E-state index contributed by atoms with van der Waals surface area (Å²) in [4.78, 5) is 2.31. The summed E-state index contributed by atoms with van der Waals surface area (Å²) in [6.45, 7) is 6.50. The lowest BCUT2D eigenvalue weighted by atomic mass is 10.1. The van der Waals surface area contributed by atoms with Crippen LogP contribution in [0, 0.1) is 11.6 Å². The molecule has 2 heterocycles. The smallest absolute Gasteiger partial charge is 0.133 e. The molecule has 3 aromatic rings. The monoisotopic (exact) mass is 386 g/mol. The fourth-order valence-corrected chi connectivity index (χ4v) is 4.13. The van der Waals surface area contributed by atoms with Gasteiger partial charge in [0.25, 0.3) is 0 Å². The number of likely N-dealkylation sites (N-methyl/N-ethyl adjacent to an activating group) is 1. The highest BCUT2D eigenvalue weighted by Gasteiger charge is 2.21. The van der Waals surface area contributed by atoms with Gasteiger partial charge in [-0.1, -0.05) is 18.2 Å². The number of benzene rings is 2. The molecular formula is C22H21ClF2N2. The van der Waals surface area contributed by atoms with E-state index in [2.05, 4.69) is 23.1 Å². The van der Waals surface area contributed by atoms with Gasteiger partial charge in [0.05, 0.1) is 0 Å². The van der Waals surface area contributed by atoms with Crippen molar-refractivity contribution in [1.82, 2.24) is 9.47 Å². The van der Waals surface area contributed by atoms with Crippen molar-refractivity contribution >= 4 is 28.1 Å². The molecule has 27 heavy (non-hydrogen) atoms. The molecule has 5 heteroatoms. The van der Waals surface area contributed by atoms with E-state index in [0.717, 1.165) is 42.9 Å². The molecule has 0 unspecified atom stereocenters. The third kappa shape index (κ3) is 3.40. The van der Waals surface area contributed by atoms with Crippen molar-refractivity contribution in [3.05, 3.63) is 76.5 Å². The van der Waals surface area contributed by atoms with Crippen LogP contribution in [0.2, 0.25) is 5.02 Å². The van der Waals surface area contributed by atoms with Crippen LogP contribution in [0.4, 0.5) is 8.78 Å². The first-order valence-electron chi connectivity index (χ1n) is 9.05. The molecule has 0 saturated carbocycles. The fourth-order valence-electron chi connectivity index (χ4n) is 3.96. The second kappa shape index (κ2) is 7.10. The molecule has 0 atom stereocenters. The minimum Gasteiger partial charge on any atom is -0.340 e. The van der Waals surface area contributed by atoms with E-state index in [4.69, 9.17) is 11.6 Å². The molecular weight excluding hydrogens is 366 g/mol. The van der Waals surface area contributed by atoms with Crippen LogP contribution in [0.3, 0.4) is 0 Å². The van der Waals surface area contributed by atoms with E-state index >= 15 is 0 Å². The van der Waals surface area contributed by atoms with E-state index in [-0.39, 0.29) is 0 Å². The molecule has 0 aliphatic carbocycles. The lowest BCUT2D eigenvalue weighted by Crippen LogP contribution is -2.21. The minimum absolute atomic E-state index is 0.353. The first-order valence-corrected chi connectivity index (χ1v) is 9.43. The number of aromatic nitrogens is 1. The van der Waals surface area contributed by atoms with E-state index in [1.165, 1.54) is 23.4 Å². The van der Waals surface area contributed by atoms with Crippen LogP contribution in [0.15, 0.2) is 43.0 Å². The van der Waals surface area contributed by atoms with Crippen molar-refractivity contribution in [3.8, 4) is 0 Å². The van der Waals surface area contributed by atoms with Gasteiger partial charge >= 0.3 is 0 Å². The maximum Gasteiger partial charge on any atom is 0.133 e. The molecule has 0 N–H and O–H groups in total. The second-order valence-electron chi connectivity index (χ2n) is 7.20. The Balaban J connectivity index is 1.80. The number of rotatable bonds is 3. The second-order valence-corrected chi connectivity index (χ2v) is 7.64. The molecule has 2 nitrogen and oxygen atoms in total. The number of hydrogen-bond donors (Lipinski definition) is 0. The topological polar surface area (TPSA) is 8.17 Å². The van der Waals surface area contributed by atoms with Crippen LogP contribution in [-0.2, 0) is 19.4 Å². The highest BCUT2D eigenvalue weighted by molar-refractivity contribution is 6.31. The van der Waals surface area contributed by atoms with Crippen molar-refractivity contribution < 1.29 is 8.78 Å². The zero-order valence-corrected chi connectivity index (χ0v) is 16.0. The highest BCUT2D eigenvalue weighted by atomic mass is 35.5. The molecule has 0 radical (unpaired) electrons. The molecule has 0 fully saturated rings. The van der Waals surface area contributed by atoms with Crippen molar-refractivity contribution in [2.24, 2.45) is 0 Å². The van der Waals surface area contributed by atoms with Gasteiger partial charge in [-0.2, -0.15) is 0 Å². The number of fused-ring (bicyclic) bond motifs is 3. The lowest BCUT2D eigenvalue weighted by molar-refractivity contribution is 0.351. The van der Waals surface area contributed by atoms with Crippen molar-refractivity contribution in [1.29, 1.82) is 0 Å². The lowest BCUT2D eigenvalue weighted by Gasteiger charge is -2.15. The standard InChI is InChI=1S/C22H21ClF2N2/c1-14(17-5-4-16(24)12-20(17)25)13-27-21-6-3-15(23)11-19(21)18-7-9-26(2)10-8-22(18)27/h3-6,11-12H,1,7-10,13H2,2H3. The molecule has 0 spiro atoms.